The van der Waals surface area contributed by atoms with Gasteiger partial charge >= 0.3 is 6.03 Å². The zero-order chi connectivity index (χ0) is 14.5. The molecule has 0 spiro atoms. The molecule has 0 fully saturated rings. The minimum atomic E-state index is -0.314. The lowest BCUT2D eigenvalue weighted by Crippen LogP contribution is -2.31. The van der Waals surface area contributed by atoms with Gasteiger partial charge in [-0.3, -0.25) is 0 Å². The summed E-state index contributed by atoms with van der Waals surface area (Å²) < 4.78 is 0. The van der Waals surface area contributed by atoms with Crippen LogP contribution in [0.15, 0.2) is 48.5 Å². The standard InChI is InChI=1S/C15H14Cl2N2O/c1-10(11-5-3-2-4-6-11)18-15(20)19-14-8-7-12(16)9-13(14)17/h2-10H,1H3,(H2,18,19,20)/t10-/m0/s1. The number of urea groups is 1. The molecule has 3 nitrogen and oxygen atoms in total. The van der Waals surface area contributed by atoms with Gasteiger partial charge in [0.05, 0.1) is 16.8 Å². The summed E-state index contributed by atoms with van der Waals surface area (Å²) in [5.41, 5.74) is 1.55. The number of benzene rings is 2. The van der Waals surface area contributed by atoms with E-state index in [9.17, 15) is 4.79 Å². The molecule has 2 amide bonds. The van der Waals surface area contributed by atoms with Gasteiger partial charge in [-0.15, -0.1) is 0 Å². The molecule has 0 aromatic heterocycles. The third-order valence-electron chi connectivity index (χ3n) is 2.83. The number of carbonyl (C=O) groups is 1. The van der Waals surface area contributed by atoms with E-state index in [0.29, 0.717) is 15.7 Å². The second-order valence-corrected chi connectivity index (χ2v) is 5.20. The maximum absolute atomic E-state index is 11.9. The Labute approximate surface area is 127 Å². The highest BCUT2D eigenvalue weighted by molar-refractivity contribution is 6.36. The fraction of sp³-hybridized carbons (Fsp3) is 0.133. The van der Waals surface area contributed by atoms with Gasteiger partial charge in [-0.1, -0.05) is 53.5 Å². The van der Waals surface area contributed by atoms with Crippen LogP contribution in [0.4, 0.5) is 10.5 Å². The van der Waals surface area contributed by atoms with Crippen LogP contribution in [0.2, 0.25) is 10.0 Å². The second kappa shape index (κ2) is 6.64. The summed E-state index contributed by atoms with van der Waals surface area (Å²) in [7, 11) is 0. The smallest absolute Gasteiger partial charge is 0.319 e. The van der Waals surface area contributed by atoms with E-state index in [-0.39, 0.29) is 12.1 Å². The predicted octanol–water partition coefficient (Wildman–Crippen LogP) is 4.88. The number of hydrogen-bond acceptors (Lipinski definition) is 1. The minimum Gasteiger partial charge on any atom is -0.331 e. The lowest BCUT2D eigenvalue weighted by atomic mass is 10.1. The summed E-state index contributed by atoms with van der Waals surface area (Å²) in [6.07, 6.45) is 0. The molecule has 5 heteroatoms. The minimum absolute atomic E-state index is 0.0951. The predicted molar refractivity (Wildman–Crippen MR) is 83.5 cm³/mol. The highest BCUT2D eigenvalue weighted by Gasteiger charge is 2.10. The second-order valence-electron chi connectivity index (χ2n) is 4.36. The largest absolute Gasteiger partial charge is 0.331 e. The summed E-state index contributed by atoms with van der Waals surface area (Å²) >= 11 is 11.8. The lowest BCUT2D eigenvalue weighted by molar-refractivity contribution is 0.249. The van der Waals surface area contributed by atoms with Crippen LogP contribution in [0.5, 0.6) is 0 Å². The van der Waals surface area contributed by atoms with E-state index < -0.39 is 0 Å². The number of anilines is 1. The van der Waals surface area contributed by atoms with Crippen LogP contribution in [0.25, 0.3) is 0 Å². The van der Waals surface area contributed by atoms with E-state index >= 15 is 0 Å². The molecule has 0 heterocycles. The van der Waals surface area contributed by atoms with Crippen LogP contribution in [0, 0.1) is 0 Å². The van der Waals surface area contributed by atoms with Gasteiger partial charge in [0.25, 0.3) is 0 Å². The first-order valence-electron chi connectivity index (χ1n) is 6.14. The molecule has 0 saturated heterocycles. The highest BCUT2D eigenvalue weighted by Crippen LogP contribution is 2.25. The van der Waals surface area contributed by atoms with Gasteiger partial charge in [0.2, 0.25) is 0 Å². The Hall–Kier alpha value is -1.71. The molecular weight excluding hydrogens is 295 g/mol. The molecule has 0 aliphatic rings. The van der Waals surface area contributed by atoms with Crippen molar-refractivity contribution in [1.29, 1.82) is 0 Å². The Kier molecular flexibility index (Phi) is 4.88. The van der Waals surface area contributed by atoms with Crippen molar-refractivity contribution in [2.24, 2.45) is 0 Å². The molecule has 1 atom stereocenters. The van der Waals surface area contributed by atoms with Crippen molar-refractivity contribution in [1.82, 2.24) is 5.32 Å². The quantitative estimate of drug-likeness (QED) is 0.834. The van der Waals surface area contributed by atoms with E-state index in [0.717, 1.165) is 5.56 Å². The summed E-state index contributed by atoms with van der Waals surface area (Å²) in [5, 5.41) is 6.47. The highest BCUT2D eigenvalue weighted by atomic mass is 35.5. The lowest BCUT2D eigenvalue weighted by Gasteiger charge is -2.15. The summed E-state index contributed by atoms with van der Waals surface area (Å²) in [4.78, 5) is 11.9. The maximum atomic E-state index is 11.9. The first kappa shape index (κ1) is 14.7. The van der Waals surface area contributed by atoms with Gasteiger partial charge in [0.1, 0.15) is 0 Å². The zero-order valence-corrected chi connectivity index (χ0v) is 12.4. The van der Waals surface area contributed by atoms with Crippen molar-refractivity contribution >= 4 is 34.9 Å². The number of halogens is 2. The first-order valence-corrected chi connectivity index (χ1v) is 6.89. The average molecular weight is 309 g/mol. The Balaban J connectivity index is 1.99. The van der Waals surface area contributed by atoms with Crippen molar-refractivity contribution in [3.05, 3.63) is 64.1 Å². The topological polar surface area (TPSA) is 41.1 Å². The number of hydrogen-bond donors (Lipinski definition) is 2. The third kappa shape index (κ3) is 3.89. The molecule has 2 aromatic carbocycles. The van der Waals surface area contributed by atoms with Crippen LogP contribution in [-0.2, 0) is 0 Å². The van der Waals surface area contributed by atoms with Crippen molar-refractivity contribution < 1.29 is 4.79 Å². The molecule has 0 aliphatic carbocycles. The summed E-state index contributed by atoms with van der Waals surface area (Å²) in [5.74, 6) is 0. The number of nitrogens with one attached hydrogen (secondary N) is 2. The van der Waals surface area contributed by atoms with E-state index in [1.165, 1.54) is 0 Å². The first-order chi connectivity index (χ1) is 9.56. The number of carbonyl (C=O) groups excluding carboxylic acids is 1. The Morgan fingerprint density at radius 3 is 2.45 bits per heavy atom. The van der Waals surface area contributed by atoms with Crippen molar-refractivity contribution in [2.45, 2.75) is 13.0 Å². The van der Waals surface area contributed by atoms with E-state index in [1.54, 1.807) is 18.2 Å². The Morgan fingerprint density at radius 2 is 1.80 bits per heavy atom. The molecular formula is C15H14Cl2N2O. The average Bonchev–Trinajstić information content (AvgIpc) is 2.43. The van der Waals surface area contributed by atoms with Gasteiger partial charge < -0.3 is 10.6 Å². The number of rotatable bonds is 3. The monoisotopic (exact) mass is 308 g/mol. The SMILES string of the molecule is C[C@H](NC(=O)Nc1ccc(Cl)cc1Cl)c1ccccc1. The van der Waals surface area contributed by atoms with Crippen molar-refractivity contribution in [3.63, 3.8) is 0 Å². The molecule has 2 aromatic rings. The Morgan fingerprint density at radius 1 is 1.10 bits per heavy atom. The normalized spacial score (nSPS) is 11.8. The maximum Gasteiger partial charge on any atom is 0.319 e. The van der Waals surface area contributed by atoms with Gasteiger partial charge in [-0.05, 0) is 30.7 Å². The molecule has 0 radical (unpaired) electrons. The van der Waals surface area contributed by atoms with E-state index in [4.69, 9.17) is 23.2 Å². The third-order valence-corrected chi connectivity index (χ3v) is 3.37. The van der Waals surface area contributed by atoms with Crippen molar-refractivity contribution in [3.8, 4) is 0 Å². The van der Waals surface area contributed by atoms with Gasteiger partial charge in [0.15, 0.2) is 0 Å². The molecule has 104 valence electrons. The molecule has 2 rings (SSSR count). The van der Waals surface area contributed by atoms with Gasteiger partial charge in [-0.2, -0.15) is 0 Å². The molecule has 0 aliphatic heterocycles. The van der Waals surface area contributed by atoms with Crippen LogP contribution < -0.4 is 10.6 Å². The fourth-order valence-corrected chi connectivity index (χ4v) is 2.23. The Bertz CT molecular complexity index is 602. The molecule has 20 heavy (non-hydrogen) atoms. The van der Waals surface area contributed by atoms with Crippen molar-refractivity contribution in [2.75, 3.05) is 5.32 Å². The zero-order valence-electron chi connectivity index (χ0n) is 10.9. The van der Waals surface area contributed by atoms with E-state index in [2.05, 4.69) is 10.6 Å². The van der Waals surface area contributed by atoms with Crippen LogP contribution in [0.3, 0.4) is 0 Å². The number of amides is 2. The fourth-order valence-electron chi connectivity index (χ4n) is 1.77. The molecule has 0 saturated carbocycles. The van der Waals surface area contributed by atoms with Crippen LogP contribution in [0.1, 0.15) is 18.5 Å². The summed E-state index contributed by atoms with van der Waals surface area (Å²) in [6, 6.07) is 14.2. The van der Waals surface area contributed by atoms with Crippen LogP contribution >= 0.6 is 23.2 Å². The molecule has 2 N–H and O–H groups in total. The van der Waals surface area contributed by atoms with Gasteiger partial charge in [-0.25, -0.2) is 4.79 Å². The molecule has 0 unspecified atom stereocenters. The van der Waals surface area contributed by atoms with Crippen LogP contribution in [-0.4, -0.2) is 6.03 Å². The van der Waals surface area contributed by atoms with E-state index in [1.807, 2.05) is 37.3 Å². The van der Waals surface area contributed by atoms with Gasteiger partial charge in [0, 0.05) is 5.02 Å². The summed E-state index contributed by atoms with van der Waals surface area (Å²) in [6.45, 7) is 1.92. The molecule has 0 bridgehead atoms.